The zero-order chi connectivity index (χ0) is 14.2. The molecule has 19 heavy (non-hydrogen) atoms. The number of nitrogens with zero attached hydrogens (tertiary/aromatic N) is 1. The van der Waals surface area contributed by atoms with Gasteiger partial charge in [-0.05, 0) is 75.4 Å². The van der Waals surface area contributed by atoms with E-state index in [1.54, 1.807) is 0 Å². The van der Waals surface area contributed by atoms with Crippen LogP contribution in [0, 0.1) is 27.7 Å². The summed E-state index contributed by atoms with van der Waals surface area (Å²) in [6.45, 7) is 9.96. The van der Waals surface area contributed by atoms with Crippen molar-refractivity contribution >= 4 is 0 Å². The fourth-order valence-electron chi connectivity index (χ4n) is 3.42. The molecule has 2 N–H and O–H groups in total. The van der Waals surface area contributed by atoms with E-state index in [2.05, 4.69) is 45.7 Å². The van der Waals surface area contributed by atoms with E-state index < -0.39 is 0 Å². The molecule has 2 unspecified atom stereocenters. The number of nitrogens with two attached hydrogens (primary N) is 1. The molecule has 0 saturated heterocycles. The molecule has 106 valence electrons. The van der Waals surface area contributed by atoms with Crippen molar-refractivity contribution in [2.24, 2.45) is 5.73 Å². The maximum atomic E-state index is 6.23. The third-order valence-electron chi connectivity index (χ3n) is 5.03. The second kappa shape index (κ2) is 5.64. The summed E-state index contributed by atoms with van der Waals surface area (Å²) in [5.74, 6) is 0. The predicted molar refractivity (Wildman–Crippen MR) is 82.5 cm³/mol. The second-order valence-electron chi connectivity index (χ2n) is 6.32. The molecule has 2 rings (SSSR count). The summed E-state index contributed by atoms with van der Waals surface area (Å²) < 4.78 is 0. The van der Waals surface area contributed by atoms with Gasteiger partial charge < -0.3 is 5.73 Å². The molecule has 1 aliphatic rings. The van der Waals surface area contributed by atoms with E-state index in [0.717, 1.165) is 6.54 Å². The van der Waals surface area contributed by atoms with Gasteiger partial charge in [-0.3, -0.25) is 4.90 Å². The normalized spacial score (nSPS) is 23.3. The van der Waals surface area contributed by atoms with Crippen molar-refractivity contribution < 1.29 is 0 Å². The van der Waals surface area contributed by atoms with Crippen molar-refractivity contribution in [2.45, 2.75) is 65.6 Å². The van der Waals surface area contributed by atoms with Gasteiger partial charge in [-0.1, -0.05) is 12.5 Å². The highest BCUT2D eigenvalue weighted by molar-refractivity contribution is 5.43. The highest BCUT2D eigenvalue weighted by Gasteiger charge is 2.27. The van der Waals surface area contributed by atoms with Crippen molar-refractivity contribution in [2.75, 3.05) is 7.05 Å². The second-order valence-corrected chi connectivity index (χ2v) is 6.32. The Morgan fingerprint density at radius 1 is 1.11 bits per heavy atom. The fourth-order valence-corrected chi connectivity index (χ4v) is 3.42. The minimum absolute atomic E-state index is 0.358. The van der Waals surface area contributed by atoms with Gasteiger partial charge in [-0.25, -0.2) is 0 Å². The van der Waals surface area contributed by atoms with Gasteiger partial charge in [0.05, 0.1) is 0 Å². The van der Waals surface area contributed by atoms with Gasteiger partial charge in [-0.2, -0.15) is 0 Å². The number of rotatable bonds is 3. The molecule has 1 aliphatic carbocycles. The molecule has 2 heteroatoms. The largest absolute Gasteiger partial charge is 0.326 e. The lowest BCUT2D eigenvalue weighted by Gasteiger charge is -2.29. The van der Waals surface area contributed by atoms with Crippen LogP contribution in [0.1, 0.15) is 47.1 Å². The van der Waals surface area contributed by atoms with Gasteiger partial charge in [0.1, 0.15) is 0 Å². The van der Waals surface area contributed by atoms with Gasteiger partial charge in [0.15, 0.2) is 0 Å². The quantitative estimate of drug-likeness (QED) is 0.904. The highest BCUT2D eigenvalue weighted by Crippen LogP contribution is 2.27. The third-order valence-corrected chi connectivity index (χ3v) is 5.03. The van der Waals surface area contributed by atoms with Crippen LogP contribution in [0.15, 0.2) is 6.07 Å². The summed E-state index contributed by atoms with van der Waals surface area (Å²) in [4.78, 5) is 2.46. The lowest BCUT2D eigenvalue weighted by molar-refractivity contribution is 0.219. The number of aryl methyl sites for hydroxylation is 2. The van der Waals surface area contributed by atoms with Crippen LogP contribution in [0.25, 0.3) is 0 Å². The average Bonchev–Trinajstić information content (AvgIpc) is 2.78. The molecule has 0 radical (unpaired) electrons. The van der Waals surface area contributed by atoms with Crippen LogP contribution < -0.4 is 5.73 Å². The summed E-state index contributed by atoms with van der Waals surface area (Å²) in [7, 11) is 2.23. The Balaban J connectivity index is 2.23. The van der Waals surface area contributed by atoms with Crippen molar-refractivity contribution in [1.82, 2.24) is 4.90 Å². The Morgan fingerprint density at radius 3 is 2.16 bits per heavy atom. The van der Waals surface area contributed by atoms with Crippen LogP contribution in [0.4, 0.5) is 0 Å². The molecule has 0 aliphatic heterocycles. The van der Waals surface area contributed by atoms with Crippen LogP contribution in [0.5, 0.6) is 0 Å². The Kier molecular flexibility index (Phi) is 4.32. The summed E-state index contributed by atoms with van der Waals surface area (Å²) in [6, 6.07) is 3.21. The molecule has 0 heterocycles. The maximum Gasteiger partial charge on any atom is 0.0247 e. The fraction of sp³-hybridized carbons (Fsp3) is 0.647. The summed E-state index contributed by atoms with van der Waals surface area (Å²) in [5.41, 5.74) is 13.4. The predicted octanol–water partition coefficient (Wildman–Crippen LogP) is 3.23. The van der Waals surface area contributed by atoms with Crippen LogP contribution in [0.2, 0.25) is 0 Å². The Bertz CT molecular complexity index is 439. The summed E-state index contributed by atoms with van der Waals surface area (Å²) in [5, 5.41) is 0. The standard InChI is InChI=1S/C17H28N2/c1-11-9-12(2)14(4)15(13(11)3)10-19(5)17-8-6-7-16(17)18/h9,16-17H,6-8,10,18H2,1-5H3. The lowest BCUT2D eigenvalue weighted by Crippen LogP contribution is -2.42. The molecule has 0 aromatic heterocycles. The van der Waals surface area contributed by atoms with Gasteiger partial charge in [0.25, 0.3) is 0 Å². The first-order chi connectivity index (χ1) is 8.91. The molecule has 1 aromatic rings. The van der Waals surface area contributed by atoms with Gasteiger partial charge in [-0.15, -0.1) is 0 Å². The average molecular weight is 260 g/mol. The van der Waals surface area contributed by atoms with E-state index in [1.165, 1.54) is 47.1 Å². The van der Waals surface area contributed by atoms with Gasteiger partial charge in [0.2, 0.25) is 0 Å². The Morgan fingerprint density at radius 2 is 1.68 bits per heavy atom. The highest BCUT2D eigenvalue weighted by atomic mass is 15.1. The first-order valence-corrected chi connectivity index (χ1v) is 7.44. The number of hydrogen-bond donors (Lipinski definition) is 1. The molecule has 1 saturated carbocycles. The molecule has 1 fully saturated rings. The maximum absolute atomic E-state index is 6.23. The van der Waals surface area contributed by atoms with E-state index in [1.807, 2.05) is 0 Å². The molecule has 0 amide bonds. The van der Waals surface area contributed by atoms with Gasteiger partial charge in [0, 0.05) is 18.6 Å². The lowest BCUT2D eigenvalue weighted by atomic mass is 9.93. The van der Waals surface area contributed by atoms with Gasteiger partial charge >= 0.3 is 0 Å². The van der Waals surface area contributed by atoms with Crippen LogP contribution in [-0.2, 0) is 6.54 Å². The van der Waals surface area contributed by atoms with Crippen molar-refractivity contribution in [3.05, 3.63) is 33.9 Å². The monoisotopic (exact) mass is 260 g/mol. The third kappa shape index (κ3) is 2.85. The molecule has 1 aromatic carbocycles. The molecule has 0 bridgehead atoms. The minimum Gasteiger partial charge on any atom is -0.326 e. The Hall–Kier alpha value is -0.860. The number of hydrogen-bond acceptors (Lipinski definition) is 2. The Labute approximate surface area is 118 Å². The SMILES string of the molecule is Cc1cc(C)c(C)c(CN(C)C2CCCC2N)c1C. The number of likely N-dealkylation sites (N-methyl/N-ethyl adjacent to an activating group) is 1. The number of benzene rings is 1. The van der Waals surface area contributed by atoms with Crippen LogP contribution in [0.3, 0.4) is 0 Å². The zero-order valence-electron chi connectivity index (χ0n) is 13.1. The minimum atomic E-state index is 0.358. The topological polar surface area (TPSA) is 29.3 Å². The molecule has 2 nitrogen and oxygen atoms in total. The van der Waals surface area contributed by atoms with Crippen molar-refractivity contribution in [3.63, 3.8) is 0 Å². The van der Waals surface area contributed by atoms with Crippen LogP contribution >= 0.6 is 0 Å². The molecule has 0 spiro atoms. The van der Waals surface area contributed by atoms with E-state index in [0.29, 0.717) is 12.1 Å². The summed E-state index contributed by atoms with van der Waals surface area (Å²) in [6.07, 6.45) is 3.71. The zero-order valence-corrected chi connectivity index (χ0v) is 13.1. The molecular weight excluding hydrogens is 232 g/mol. The first kappa shape index (κ1) is 14.5. The molecular formula is C17H28N2. The smallest absolute Gasteiger partial charge is 0.0247 e. The van der Waals surface area contributed by atoms with Crippen molar-refractivity contribution in [3.8, 4) is 0 Å². The van der Waals surface area contributed by atoms with E-state index >= 15 is 0 Å². The van der Waals surface area contributed by atoms with E-state index in [9.17, 15) is 0 Å². The van der Waals surface area contributed by atoms with E-state index in [4.69, 9.17) is 5.73 Å². The first-order valence-electron chi connectivity index (χ1n) is 7.44. The van der Waals surface area contributed by atoms with Crippen LogP contribution in [-0.4, -0.2) is 24.0 Å². The van der Waals surface area contributed by atoms with E-state index in [-0.39, 0.29) is 0 Å². The summed E-state index contributed by atoms with van der Waals surface area (Å²) >= 11 is 0. The molecule has 2 atom stereocenters. The van der Waals surface area contributed by atoms with Crippen molar-refractivity contribution in [1.29, 1.82) is 0 Å².